The molecule has 1 aliphatic rings. The van der Waals surface area contributed by atoms with Crippen molar-refractivity contribution >= 4 is 5.97 Å². The van der Waals surface area contributed by atoms with E-state index in [4.69, 9.17) is 4.74 Å². The molecule has 0 aromatic rings. The van der Waals surface area contributed by atoms with Crippen LogP contribution in [0, 0.1) is 11.8 Å². The van der Waals surface area contributed by atoms with E-state index >= 15 is 0 Å². The minimum Gasteiger partial charge on any atom is -0.466 e. The lowest BCUT2D eigenvalue weighted by Gasteiger charge is -2.26. The predicted molar refractivity (Wildman–Crippen MR) is 57.0 cm³/mol. The van der Waals surface area contributed by atoms with Gasteiger partial charge in [-0.2, -0.15) is 0 Å². The molecule has 1 aliphatic carbocycles. The SMILES string of the molecule is CCC[C@H]1CC[C@H](C(=O)OCC)CC1. The quantitative estimate of drug-likeness (QED) is 0.649. The number of hydrogen-bond acceptors (Lipinski definition) is 2. The summed E-state index contributed by atoms with van der Waals surface area (Å²) in [5, 5.41) is 0. The Morgan fingerprint density at radius 2 is 1.86 bits per heavy atom. The zero-order valence-electron chi connectivity index (χ0n) is 9.42. The van der Waals surface area contributed by atoms with Crippen LogP contribution in [-0.4, -0.2) is 12.6 Å². The molecular weight excluding hydrogens is 176 g/mol. The van der Waals surface area contributed by atoms with Crippen LogP contribution in [0.2, 0.25) is 0 Å². The van der Waals surface area contributed by atoms with Crippen molar-refractivity contribution in [1.82, 2.24) is 0 Å². The molecule has 2 heteroatoms. The van der Waals surface area contributed by atoms with E-state index in [0.29, 0.717) is 6.61 Å². The fraction of sp³-hybridized carbons (Fsp3) is 0.917. The summed E-state index contributed by atoms with van der Waals surface area (Å²) in [7, 11) is 0. The van der Waals surface area contributed by atoms with Crippen LogP contribution in [0.5, 0.6) is 0 Å². The van der Waals surface area contributed by atoms with Gasteiger partial charge in [0.15, 0.2) is 0 Å². The molecule has 0 aromatic heterocycles. The maximum atomic E-state index is 11.4. The summed E-state index contributed by atoms with van der Waals surface area (Å²) in [5.41, 5.74) is 0. The highest BCUT2D eigenvalue weighted by Crippen LogP contribution is 2.31. The fourth-order valence-corrected chi connectivity index (χ4v) is 2.36. The van der Waals surface area contributed by atoms with E-state index in [2.05, 4.69) is 6.92 Å². The molecular formula is C12H22O2. The average molecular weight is 198 g/mol. The molecule has 0 amide bonds. The van der Waals surface area contributed by atoms with Gasteiger partial charge in [-0.05, 0) is 38.5 Å². The number of hydrogen-bond donors (Lipinski definition) is 0. The lowest BCUT2D eigenvalue weighted by atomic mass is 9.80. The van der Waals surface area contributed by atoms with E-state index in [1.54, 1.807) is 0 Å². The molecule has 0 heterocycles. The number of rotatable bonds is 4. The summed E-state index contributed by atoms with van der Waals surface area (Å²) in [6.45, 7) is 4.63. The van der Waals surface area contributed by atoms with E-state index in [9.17, 15) is 4.79 Å². The second-order valence-electron chi connectivity index (χ2n) is 4.26. The third kappa shape index (κ3) is 3.32. The summed E-state index contributed by atoms with van der Waals surface area (Å²) in [6.07, 6.45) is 7.13. The molecule has 0 saturated heterocycles. The Hall–Kier alpha value is -0.530. The topological polar surface area (TPSA) is 26.3 Å². The molecule has 0 aliphatic heterocycles. The van der Waals surface area contributed by atoms with Gasteiger partial charge in [0.1, 0.15) is 0 Å². The summed E-state index contributed by atoms with van der Waals surface area (Å²) in [5.74, 6) is 1.09. The zero-order chi connectivity index (χ0) is 10.4. The zero-order valence-corrected chi connectivity index (χ0v) is 9.42. The molecule has 0 spiro atoms. The van der Waals surface area contributed by atoms with E-state index in [0.717, 1.165) is 18.8 Å². The molecule has 1 saturated carbocycles. The van der Waals surface area contributed by atoms with Gasteiger partial charge in [-0.3, -0.25) is 4.79 Å². The molecule has 0 bridgehead atoms. The monoisotopic (exact) mass is 198 g/mol. The first-order chi connectivity index (χ1) is 6.77. The minimum absolute atomic E-state index is 0.0300. The number of carbonyl (C=O) groups excluding carboxylic acids is 1. The minimum atomic E-state index is 0.0300. The molecule has 0 atom stereocenters. The first-order valence-corrected chi connectivity index (χ1v) is 5.94. The third-order valence-corrected chi connectivity index (χ3v) is 3.16. The first-order valence-electron chi connectivity index (χ1n) is 5.94. The maximum Gasteiger partial charge on any atom is 0.308 e. The van der Waals surface area contributed by atoms with Crippen molar-refractivity contribution in [1.29, 1.82) is 0 Å². The highest BCUT2D eigenvalue weighted by molar-refractivity contribution is 5.72. The van der Waals surface area contributed by atoms with Gasteiger partial charge in [-0.1, -0.05) is 19.8 Å². The number of esters is 1. The lowest BCUT2D eigenvalue weighted by molar-refractivity contribution is -0.149. The van der Waals surface area contributed by atoms with Crippen LogP contribution >= 0.6 is 0 Å². The van der Waals surface area contributed by atoms with Gasteiger partial charge in [-0.15, -0.1) is 0 Å². The molecule has 0 radical (unpaired) electrons. The predicted octanol–water partition coefficient (Wildman–Crippen LogP) is 3.16. The van der Waals surface area contributed by atoms with Crippen molar-refractivity contribution in [3.05, 3.63) is 0 Å². The Morgan fingerprint density at radius 1 is 1.21 bits per heavy atom. The van der Waals surface area contributed by atoms with Gasteiger partial charge >= 0.3 is 5.97 Å². The molecule has 1 fully saturated rings. The fourth-order valence-electron chi connectivity index (χ4n) is 2.36. The van der Waals surface area contributed by atoms with Crippen LogP contribution in [-0.2, 0) is 9.53 Å². The molecule has 0 aromatic carbocycles. The Bertz CT molecular complexity index is 169. The third-order valence-electron chi connectivity index (χ3n) is 3.16. The van der Waals surface area contributed by atoms with Crippen LogP contribution in [0.1, 0.15) is 52.4 Å². The highest BCUT2D eigenvalue weighted by atomic mass is 16.5. The van der Waals surface area contributed by atoms with Crippen molar-refractivity contribution in [3.63, 3.8) is 0 Å². The van der Waals surface area contributed by atoms with Crippen molar-refractivity contribution < 1.29 is 9.53 Å². The standard InChI is InChI=1S/C12H22O2/c1-3-5-10-6-8-11(9-7-10)12(13)14-4-2/h10-11H,3-9H2,1-2H3/t10-,11-. The maximum absolute atomic E-state index is 11.4. The Kier molecular flexibility index (Phi) is 4.99. The summed E-state index contributed by atoms with van der Waals surface area (Å²) in [6, 6.07) is 0. The van der Waals surface area contributed by atoms with Gasteiger partial charge in [0.25, 0.3) is 0 Å². The van der Waals surface area contributed by atoms with E-state index in [-0.39, 0.29) is 11.9 Å². The van der Waals surface area contributed by atoms with Crippen molar-refractivity contribution in [3.8, 4) is 0 Å². The van der Waals surface area contributed by atoms with Crippen molar-refractivity contribution in [2.24, 2.45) is 11.8 Å². The lowest BCUT2D eigenvalue weighted by Crippen LogP contribution is -2.23. The smallest absolute Gasteiger partial charge is 0.308 e. The van der Waals surface area contributed by atoms with Crippen LogP contribution in [0.3, 0.4) is 0 Å². The van der Waals surface area contributed by atoms with E-state index < -0.39 is 0 Å². The Morgan fingerprint density at radius 3 is 2.36 bits per heavy atom. The van der Waals surface area contributed by atoms with Gasteiger partial charge in [0.05, 0.1) is 12.5 Å². The summed E-state index contributed by atoms with van der Waals surface area (Å²) >= 11 is 0. The number of ether oxygens (including phenoxy) is 1. The largest absolute Gasteiger partial charge is 0.466 e. The van der Waals surface area contributed by atoms with Gasteiger partial charge in [-0.25, -0.2) is 0 Å². The second kappa shape index (κ2) is 6.05. The average Bonchev–Trinajstić information content (AvgIpc) is 2.20. The van der Waals surface area contributed by atoms with Gasteiger partial charge in [0.2, 0.25) is 0 Å². The van der Waals surface area contributed by atoms with E-state index in [1.807, 2.05) is 6.92 Å². The highest BCUT2D eigenvalue weighted by Gasteiger charge is 2.26. The van der Waals surface area contributed by atoms with Crippen LogP contribution in [0.25, 0.3) is 0 Å². The van der Waals surface area contributed by atoms with E-state index in [1.165, 1.54) is 25.7 Å². The normalized spacial score (nSPS) is 27.3. The molecule has 2 nitrogen and oxygen atoms in total. The number of carbonyl (C=O) groups is 1. The first kappa shape index (κ1) is 11.5. The van der Waals surface area contributed by atoms with Crippen molar-refractivity contribution in [2.45, 2.75) is 52.4 Å². The molecule has 0 unspecified atom stereocenters. The molecule has 1 rings (SSSR count). The Labute approximate surface area is 87.0 Å². The molecule has 82 valence electrons. The van der Waals surface area contributed by atoms with Crippen LogP contribution in [0.15, 0.2) is 0 Å². The molecule has 0 N–H and O–H groups in total. The van der Waals surface area contributed by atoms with Crippen LogP contribution < -0.4 is 0 Å². The van der Waals surface area contributed by atoms with Crippen molar-refractivity contribution in [2.75, 3.05) is 6.61 Å². The second-order valence-corrected chi connectivity index (χ2v) is 4.26. The summed E-state index contributed by atoms with van der Waals surface area (Å²) < 4.78 is 5.04. The van der Waals surface area contributed by atoms with Gasteiger partial charge in [0, 0.05) is 0 Å². The van der Waals surface area contributed by atoms with Crippen LogP contribution in [0.4, 0.5) is 0 Å². The summed E-state index contributed by atoms with van der Waals surface area (Å²) in [4.78, 5) is 11.4. The molecule has 14 heavy (non-hydrogen) atoms. The Balaban J connectivity index is 2.24. The van der Waals surface area contributed by atoms with Gasteiger partial charge < -0.3 is 4.74 Å².